The number of carbonyl (C=O) groups is 1. The minimum atomic E-state index is -4.19. The van der Waals surface area contributed by atoms with Gasteiger partial charge in [0.2, 0.25) is 5.91 Å². The molecule has 0 fully saturated rings. The number of anilines is 1. The summed E-state index contributed by atoms with van der Waals surface area (Å²) in [7, 11) is -4.19. The predicted octanol–water partition coefficient (Wildman–Crippen LogP) is 0.800. The quantitative estimate of drug-likeness (QED) is 0.590. The second-order valence-corrected chi connectivity index (χ2v) is 5.80. The minimum absolute atomic E-state index is 0.447. The maximum Gasteiger partial charge on any atom is 0.344 e. The number of amides is 1. The molecule has 0 bridgehead atoms. The zero-order valence-corrected chi connectivity index (χ0v) is 10.3. The molecule has 0 aromatic carbocycles. The zero-order chi connectivity index (χ0) is 12.2. The highest BCUT2D eigenvalue weighted by Gasteiger charge is 2.18. The van der Waals surface area contributed by atoms with Gasteiger partial charge in [0.05, 0.1) is 5.00 Å². The molecule has 0 unspecified atom stereocenters. The van der Waals surface area contributed by atoms with Crippen LogP contribution in [0.25, 0.3) is 0 Å². The number of thiophene rings is 1. The Morgan fingerprint density at radius 1 is 1.62 bits per heavy atom. The highest BCUT2D eigenvalue weighted by Crippen LogP contribution is 2.31. The van der Waals surface area contributed by atoms with E-state index in [-0.39, 0.29) is 0 Å². The molecule has 0 aliphatic carbocycles. The summed E-state index contributed by atoms with van der Waals surface area (Å²) in [6, 6.07) is 3.12. The van der Waals surface area contributed by atoms with Gasteiger partial charge in [0.25, 0.3) is 0 Å². The summed E-state index contributed by atoms with van der Waals surface area (Å²) < 4.78 is 10.5. The van der Waals surface area contributed by atoms with Crippen molar-refractivity contribution in [1.29, 1.82) is 0 Å². The van der Waals surface area contributed by atoms with Gasteiger partial charge < -0.3 is 20.4 Å². The van der Waals surface area contributed by atoms with Crippen molar-refractivity contribution >= 4 is 29.8 Å². The van der Waals surface area contributed by atoms with Crippen LogP contribution >= 0.6 is 18.9 Å². The lowest BCUT2D eigenvalue weighted by atomic mass is 10.3. The molecule has 1 heterocycles. The molecule has 0 radical (unpaired) electrons. The van der Waals surface area contributed by atoms with E-state index in [1.54, 1.807) is 6.92 Å². The Morgan fingerprint density at radius 3 is 2.81 bits per heavy atom. The van der Waals surface area contributed by atoms with Gasteiger partial charge in [-0.05, 0) is 24.4 Å². The third-order valence-electron chi connectivity index (χ3n) is 1.73. The second-order valence-electron chi connectivity index (χ2n) is 3.21. The smallest absolute Gasteiger partial charge is 0.344 e. The highest BCUT2D eigenvalue weighted by molar-refractivity contribution is 7.51. The first-order valence-corrected chi connectivity index (χ1v) is 7.18. The number of nitrogens with one attached hydrogen (secondary N) is 2. The monoisotopic (exact) mass is 264 g/mol. The first kappa shape index (κ1) is 13.2. The Labute approximate surface area is 96.8 Å². The molecule has 6 nitrogen and oxygen atoms in total. The normalized spacial score (nSPS) is 13.2. The van der Waals surface area contributed by atoms with Crippen LogP contribution < -0.4 is 10.6 Å². The van der Waals surface area contributed by atoms with Crippen LogP contribution in [-0.2, 0) is 9.36 Å². The van der Waals surface area contributed by atoms with E-state index in [0.29, 0.717) is 0 Å². The summed E-state index contributed by atoms with van der Waals surface area (Å²) >= 11 is 1.45. The Bertz CT molecular complexity index is 389. The molecule has 0 spiro atoms. The van der Waals surface area contributed by atoms with Crippen LogP contribution in [0.2, 0.25) is 0 Å². The SMILES string of the molecule is C[C@H](Nc1cccs1)C(=O)NCP(=O)(O)O. The molecular formula is C8H13N2O4PS. The molecule has 1 rings (SSSR count). The van der Waals surface area contributed by atoms with Crippen LogP contribution in [0.5, 0.6) is 0 Å². The summed E-state index contributed by atoms with van der Waals surface area (Å²) in [4.78, 5) is 28.6. The minimum Gasteiger partial charge on any atom is -0.366 e. The molecule has 0 saturated carbocycles. The van der Waals surface area contributed by atoms with Crippen molar-refractivity contribution in [1.82, 2.24) is 5.32 Å². The molecule has 4 N–H and O–H groups in total. The maximum absolute atomic E-state index is 11.4. The lowest BCUT2D eigenvalue weighted by molar-refractivity contribution is -0.121. The fourth-order valence-electron chi connectivity index (χ4n) is 0.974. The van der Waals surface area contributed by atoms with Crippen LogP contribution in [0.15, 0.2) is 17.5 Å². The molecule has 8 heteroatoms. The van der Waals surface area contributed by atoms with Crippen molar-refractivity contribution < 1.29 is 19.1 Å². The molecule has 0 aliphatic heterocycles. The number of hydrogen-bond donors (Lipinski definition) is 4. The fraction of sp³-hybridized carbons (Fsp3) is 0.375. The van der Waals surface area contributed by atoms with Crippen molar-refractivity contribution in [3.05, 3.63) is 17.5 Å². The van der Waals surface area contributed by atoms with Crippen LogP contribution in [0.4, 0.5) is 5.00 Å². The van der Waals surface area contributed by atoms with Crippen molar-refractivity contribution in [3.8, 4) is 0 Å². The summed E-state index contributed by atoms with van der Waals surface area (Å²) in [6.45, 7) is 1.62. The fourth-order valence-corrected chi connectivity index (χ4v) is 2.04. The maximum atomic E-state index is 11.4. The van der Waals surface area contributed by atoms with E-state index in [1.165, 1.54) is 11.3 Å². The van der Waals surface area contributed by atoms with E-state index in [9.17, 15) is 9.36 Å². The molecule has 0 aliphatic rings. The molecular weight excluding hydrogens is 251 g/mol. The van der Waals surface area contributed by atoms with Crippen molar-refractivity contribution in [2.45, 2.75) is 13.0 Å². The molecule has 1 atom stereocenters. The average molecular weight is 264 g/mol. The van der Waals surface area contributed by atoms with E-state index in [0.717, 1.165) is 5.00 Å². The number of hydrogen-bond acceptors (Lipinski definition) is 4. The van der Waals surface area contributed by atoms with E-state index in [4.69, 9.17) is 9.79 Å². The van der Waals surface area contributed by atoms with Crippen LogP contribution in [0, 0.1) is 0 Å². The summed E-state index contributed by atoms with van der Waals surface area (Å²) in [5.74, 6) is -0.447. The molecule has 1 aromatic heterocycles. The van der Waals surface area contributed by atoms with Gasteiger partial charge in [-0.15, -0.1) is 11.3 Å². The molecule has 0 saturated heterocycles. The van der Waals surface area contributed by atoms with Gasteiger partial charge >= 0.3 is 7.60 Å². The lowest BCUT2D eigenvalue weighted by Gasteiger charge is -2.14. The van der Waals surface area contributed by atoms with Gasteiger partial charge in [-0.25, -0.2) is 0 Å². The third kappa shape index (κ3) is 4.76. The van der Waals surface area contributed by atoms with Gasteiger partial charge in [-0.2, -0.15) is 0 Å². The largest absolute Gasteiger partial charge is 0.366 e. The van der Waals surface area contributed by atoms with E-state index >= 15 is 0 Å². The average Bonchev–Trinajstić information content (AvgIpc) is 2.65. The van der Waals surface area contributed by atoms with Gasteiger partial charge in [0, 0.05) is 0 Å². The van der Waals surface area contributed by atoms with Gasteiger partial charge in [0.15, 0.2) is 0 Å². The standard InChI is InChI=1S/C8H13N2O4PS/c1-6(10-7-3-2-4-16-7)8(11)9-5-15(12,13)14/h2-4,6,10H,5H2,1H3,(H,9,11)(H2,12,13,14)/t6-/m0/s1. The third-order valence-corrected chi connectivity index (χ3v) is 3.10. The van der Waals surface area contributed by atoms with Crippen molar-refractivity contribution in [3.63, 3.8) is 0 Å². The number of carbonyl (C=O) groups excluding carboxylic acids is 1. The molecule has 1 aromatic rings. The van der Waals surface area contributed by atoms with Crippen molar-refractivity contribution in [2.75, 3.05) is 11.6 Å². The topological polar surface area (TPSA) is 98.7 Å². The van der Waals surface area contributed by atoms with E-state index < -0.39 is 25.8 Å². The zero-order valence-electron chi connectivity index (χ0n) is 8.58. The Kier molecular flexibility index (Phi) is 4.49. The summed E-state index contributed by atoms with van der Waals surface area (Å²) in [5, 5.41) is 7.78. The molecule has 90 valence electrons. The highest BCUT2D eigenvalue weighted by atomic mass is 32.1. The first-order valence-electron chi connectivity index (χ1n) is 4.51. The van der Waals surface area contributed by atoms with E-state index in [1.807, 2.05) is 17.5 Å². The Balaban J connectivity index is 2.39. The van der Waals surface area contributed by atoms with Crippen molar-refractivity contribution in [2.24, 2.45) is 0 Å². The van der Waals surface area contributed by atoms with Gasteiger partial charge in [0.1, 0.15) is 12.3 Å². The molecule has 16 heavy (non-hydrogen) atoms. The lowest BCUT2D eigenvalue weighted by Crippen LogP contribution is -2.37. The second kappa shape index (κ2) is 5.45. The summed E-state index contributed by atoms with van der Waals surface area (Å²) in [5.41, 5.74) is 0. The Hall–Kier alpha value is -0.880. The van der Waals surface area contributed by atoms with Crippen LogP contribution in [-0.4, -0.2) is 28.0 Å². The first-order chi connectivity index (χ1) is 7.38. The summed E-state index contributed by atoms with van der Waals surface area (Å²) in [6.07, 6.45) is -0.637. The van der Waals surface area contributed by atoms with Gasteiger partial charge in [-0.3, -0.25) is 9.36 Å². The predicted molar refractivity (Wildman–Crippen MR) is 62.5 cm³/mol. The van der Waals surface area contributed by atoms with Gasteiger partial charge in [-0.1, -0.05) is 0 Å². The number of rotatable bonds is 5. The van der Waals surface area contributed by atoms with Crippen LogP contribution in [0.3, 0.4) is 0 Å². The molecule has 1 amide bonds. The van der Waals surface area contributed by atoms with Crippen LogP contribution in [0.1, 0.15) is 6.92 Å². The van der Waals surface area contributed by atoms with E-state index in [2.05, 4.69) is 10.6 Å². The Morgan fingerprint density at radius 2 is 2.31 bits per heavy atom.